The van der Waals surface area contributed by atoms with Gasteiger partial charge in [-0.15, -0.1) is 0 Å². The average Bonchev–Trinajstić information content (AvgIpc) is 3.37. The van der Waals surface area contributed by atoms with Crippen LogP contribution in [-0.4, -0.2) is 140 Å². The smallest absolute Gasteiger partial charge is 0.311 e. The monoisotopic (exact) mass is 1140 g/mol. The van der Waals surface area contributed by atoms with E-state index in [4.69, 9.17) is 14.2 Å². The van der Waals surface area contributed by atoms with Crippen molar-refractivity contribution in [2.24, 2.45) is 17.8 Å². The number of esters is 1. The van der Waals surface area contributed by atoms with Crippen LogP contribution in [0.25, 0.3) is 0 Å². The minimum atomic E-state index is -1.99. The summed E-state index contributed by atoms with van der Waals surface area (Å²) in [5.74, 6) is -3.33. The van der Waals surface area contributed by atoms with E-state index in [1.165, 1.54) is 76.0 Å². The summed E-state index contributed by atoms with van der Waals surface area (Å²) in [5.41, 5.74) is 4.23. The summed E-state index contributed by atoms with van der Waals surface area (Å²) >= 11 is 0. The number of ether oxygens (including phenoxy) is 3. The molecule has 0 saturated carbocycles. The van der Waals surface area contributed by atoms with Gasteiger partial charge < -0.3 is 62.0 Å². The molecule has 12 nitrogen and oxygen atoms in total. The number of likely N-dealkylation sites (N-methyl/N-ethyl adjacent to an activating group) is 1. The third-order valence-corrected chi connectivity index (χ3v) is 21.7. The summed E-state index contributed by atoms with van der Waals surface area (Å²) in [6.07, 6.45) is 3.90. The number of unbranched alkanes of at least 4 members (excludes halogenated alkanes) is 8. The number of hydrogen-bond acceptors (Lipinski definition) is 11. The number of rotatable bonds is 19. The molecule has 14 atom stereocenters. The first-order valence-electron chi connectivity index (χ1n) is 29.6. The molecule has 0 radical (unpaired) electrons. The third kappa shape index (κ3) is 17.5. The highest BCUT2D eigenvalue weighted by molar-refractivity contribution is 7.95. The molecular formula is C65H104ClN2O10P. The Kier molecular flexibility index (Phi) is 26.0. The number of aliphatic hydroxyl groups is 5. The van der Waals surface area contributed by atoms with Gasteiger partial charge in [-0.25, -0.2) is 0 Å². The van der Waals surface area contributed by atoms with Crippen LogP contribution in [0.4, 0.5) is 0 Å². The summed E-state index contributed by atoms with van der Waals surface area (Å²) in [6.45, 7) is 27.0. The molecular weight excluding hydrogens is 1040 g/mol. The van der Waals surface area contributed by atoms with Crippen molar-refractivity contribution >= 4 is 35.1 Å². The first-order chi connectivity index (χ1) is 36.5. The number of halogens is 1. The number of benzene rings is 3. The van der Waals surface area contributed by atoms with Gasteiger partial charge in [-0.1, -0.05) is 77.5 Å². The van der Waals surface area contributed by atoms with Crippen molar-refractivity contribution in [2.75, 3.05) is 26.8 Å². The Bertz CT molecular complexity index is 2230. The van der Waals surface area contributed by atoms with Gasteiger partial charge in [0.15, 0.2) is 6.29 Å². The van der Waals surface area contributed by atoms with Crippen LogP contribution in [0.5, 0.6) is 0 Å². The lowest BCUT2D eigenvalue weighted by Gasteiger charge is -2.46. The molecule has 2 saturated heterocycles. The van der Waals surface area contributed by atoms with Gasteiger partial charge in [-0.2, -0.15) is 0 Å². The van der Waals surface area contributed by atoms with E-state index in [0.29, 0.717) is 12.8 Å². The number of hydrogen-bond donors (Lipinski definition) is 5. The third-order valence-electron chi connectivity index (χ3n) is 17.3. The fourth-order valence-corrected chi connectivity index (χ4v) is 18.1. The maximum atomic E-state index is 14.4. The van der Waals surface area contributed by atoms with Crippen molar-refractivity contribution in [1.29, 1.82) is 0 Å². The highest BCUT2D eigenvalue weighted by Gasteiger charge is 2.51. The summed E-state index contributed by atoms with van der Waals surface area (Å²) in [7, 11) is 1.76. The highest BCUT2D eigenvalue weighted by atomic mass is 35.5. The van der Waals surface area contributed by atoms with Crippen molar-refractivity contribution in [3.8, 4) is 0 Å². The second-order valence-corrected chi connectivity index (χ2v) is 28.8. The number of amides is 1. The quantitative estimate of drug-likeness (QED) is 0.0497. The number of carbonyl (C=O) groups is 2. The predicted molar refractivity (Wildman–Crippen MR) is 319 cm³/mol. The lowest BCUT2D eigenvalue weighted by atomic mass is 9.78. The largest absolute Gasteiger partial charge is 1.00 e. The Morgan fingerprint density at radius 3 is 1.59 bits per heavy atom. The van der Waals surface area contributed by atoms with Gasteiger partial charge in [-0.3, -0.25) is 9.59 Å². The number of aliphatic hydroxyl groups excluding tert-OH is 3. The minimum Gasteiger partial charge on any atom is -1.00 e. The van der Waals surface area contributed by atoms with Crippen molar-refractivity contribution in [1.82, 2.24) is 9.80 Å². The molecule has 1 amide bonds. The van der Waals surface area contributed by atoms with Crippen LogP contribution < -0.4 is 28.3 Å². The van der Waals surface area contributed by atoms with E-state index in [2.05, 4.69) is 96.1 Å². The van der Waals surface area contributed by atoms with Gasteiger partial charge in [-0.05, 0) is 204 Å². The first-order valence-corrected chi connectivity index (χ1v) is 31.6. The SMILES string of the molecule is CC[C@H]1OC(=O)[C@H](C)[C@@H](O)[C@H](C)[C@@H](O[C@@H]2O[C@H](C)C[C@H](N(C)C)[C@H]2O)[C@](C)(O)C[C@@H](C)CN(C(=O)CCCCCCCCCCC[P+](c2cc(C)cc(C)c2)(c2cc(C)cc(C)c2)c2cc(C)cc(C)c2)[C@H](C)[C@@H](O)[C@]1(C)O.[Cl-]. The summed E-state index contributed by atoms with van der Waals surface area (Å²) in [4.78, 5) is 31.8. The Morgan fingerprint density at radius 2 is 1.15 bits per heavy atom. The summed E-state index contributed by atoms with van der Waals surface area (Å²) in [5, 5.41) is 64.2. The van der Waals surface area contributed by atoms with E-state index in [1.54, 1.807) is 32.6 Å². The number of nitrogens with zero attached hydrogens (tertiary/aromatic N) is 2. The lowest BCUT2D eigenvalue weighted by Crippen LogP contribution is -3.00. The molecule has 2 aliphatic heterocycles. The standard InChI is InChI=1S/C65H104N2O10P.ClH/c1-17-56-65(14,74)60(71)51(12)67(40-47(8)39-64(13,73)61(49(10)58(69)50(11)62(72)76-56)77-63-59(70)55(66(15)16)38-48(9)75-63)57(68)27-25-23-21-19-18-20-22-24-26-28-78(52-32-41(2)29-42(3)33-52,53-34-43(4)30-44(5)35-53)54-36-45(6)31-46(7)37-54;/h29-37,47-51,55-56,58-61,63,69-71,73-74H,17-28,38-40H2,1-16H3;1H/q+1;/p-1/t47-,48-,49+,50-,51-,55+,56-,58+,59-,60-,61-,63+,64-,65-;/m1./s1. The van der Waals surface area contributed by atoms with Crippen LogP contribution in [-0.2, 0) is 23.8 Å². The maximum Gasteiger partial charge on any atom is 0.311 e. The minimum absolute atomic E-state index is 0. The van der Waals surface area contributed by atoms with Gasteiger partial charge >= 0.3 is 5.97 Å². The van der Waals surface area contributed by atoms with Crippen LogP contribution in [0, 0.1) is 59.3 Å². The van der Waals surface area contributed by atoms with Crippen molar-refractivity contribution < 1.29 is 61.7 Å². The van der Waals surface area contributed by atoms with Gasteiger partial charge in [0.2, 0.25) is 5.91 Å². The lowest BCUT2D eigenvalue weighted by molar-refractivity contribution is -0.299. The molecule has 0 aromatic heterocycles. The van der Waals surface area contributed by atoms with Crippen molar-refractivity contribution in [3.05, 3.63) is 88.0 Å². The fourth-order valence-electron chi connectivity index (χ4n) is 13.2. The molecule has 14 heteroatoms. The van der Waals surface area contributed by atoms with Crippen LogP contribution in [0.3, 0.4) is 0 Å². The van der Waals surface area contributed by atoms with Gasteiger partial charge in [0.25, 0.3) is 0 Å². The zero-order valence-corrected chi connectivity index (χ0v) is 52.9. The van der Waals surface area contributed by atoms with E-state index >= 15 is 0 Å². The normalized spacial score (nSPS) is 30.6. The Labute approximate surface area is 483 Å². The van der Waals surface area contributed by atoms with E-state index < -0.39 is 79.1 Å². The summed E-state index contributed by atoms with van der Waals surface area (Å²) in [6, 6.07) is 20.4. The number of cyclic esters (lactones) is 1. The fraction of sp³-hybridized carbons (Fsp3) is 0.692. The van der Waals surface area contributed by atoms with Gasteiger partial charge in [0.05, 0.1) is 42.0 Å². The zero-order valence-electron chi connectivity index (χ0n) is 51.2. The zero-order chi connectivity index (χ0) is 58.0. The topological polar surface area (TPSA) is 169 Å². The number of carbonyl (C=O) groups excluding carboxylic acids is 2. The van der Waals surface area contributed by atoms with E-state index in [0.717, 1.165) is 44.7 Å². The molecule has 79 heavy (non-hydrogen) atoms. The number of aryl methyl sites for hydroxylation is 6. The van der Waals surface area contributed by atoms with Crippen LogP contribution in [0.2, 0.25) is 0 Å². The molecule has 0 bridgehead atoms. The first kappa shape index (κ1) is 68.5. The van der Waals surface area contributed by atoms with E-state index in [9.17, 15) is 35.1 Å². The van der Waals surface area contributed by atoms with Crippen molar-refractivity contribution in [3.63, 3.8) is 0 Å². The predicted octanol–water partition coefficient (Wildman–Crippen LogP) is 6.62. The van der Waals surface area contributed by atoms with Crippen molar-refractivity contribution in [2.45, 2.75) is 247 Å². The molecule has 3 aromatic rings. The average molecular weight is 1140 g/mol. The van der Waals surface area contributed by atoms with Gasteiger partial charge in [0, 0.05) is 24.9 Å². The molecule has 0 spiro atoms. The molecule has 0 unspecified atom stereocenters. The molecule has 446 valence electrons. The summed E-state index contributed by atoms with van der Waals surface area (Å²) < 4.78 is 18.6. The van der Waals surface area contributed by atoms with E-state index in [-0.39, 0.29) is 62.2 Å². The van der Waals surface area contributed by atoms with Crippen LogP contribution >= 0.6 is 7.26 Å². The van der Waals surface area contributed by atoms with Gasteiger partial charge in [0.1, 0.15) is 47.1 Å². The molecule has 0 aliphatic carbocycles. The molecule has 3 aromatic carbocycles. The molecule has 2 fully saturated rings. The second-order valence-electron chi connectivity index (χ2n) is 25.2. The maximum absolute atomic E-state index is 14.4. The Morgan fingerprint density at radius 1 is 0.709 bits per heavy atom. The Hall–Kier alpha value is -3.00. The molecule has 2 heterocycles. The molecule has 5 rings (SSSR count). The van der Waals surface area contributed by atoms with E-state index in [1.807, 2.05) is 32.8 Å². The molecule has 5 N–H and O–H groups in total. The highest BCUT2D eigenvalue weighted by Crippen LogP contribution is 2.57. The second kappa shape index (κ2) is 30.0. The van der Waals surface area contributed by atoms with Crippen LogP contribution in [0.1, 0.15) is 172 Å². The Balaban J connectivity index is 0.0000134. The van der Waals surface area contributed by atoms with Crippen LogP contribution in [0.15, 0.2) is 54.6 Å². The molecule has 2 aliphatic rings.